The molecule has 1 atom stereocenters. The fourth-order valence-corrected chi connectivity index (χ4v) is 1.69. The van der Waals surface area contributed by atoms with Crippen molar-refractivity contribution in [3.63, 3.8) is 0 Å². The summed E-state index contributed by atoms with van der Waals surface area (Å²) in [5.74, 6) is 0.125. The van der Waals surface area contributed by atoms with Crippen LogP contribution in [-0.4, -0.2) is 25.5 Å². The predicted octanol–water partition coefficient (Wildman–Crippen LogP) is 2.16. The Kier molecular flexibility index (Phi) is 9.33. The molecule has 1 rings (SSSR count). The third-order valence-corrected chi connectivity index (χ3v) is 2.72. The molecule has 0 saturated heterocycles. The van der Waals surface area contributed by atoms with Crippen LogP contribution in [0, 0.1) is 0 Å². The van der Waals surface area contributed by atoms with Gasteiger partial charge in [0.1, 0.15) is 0 Å². The first-order valence-electron chi connectivity index (χ1n) is 6.20. The van der Waals surface area contributed by atoms with Crippen molar-refractivity contribution >= 4 is 18.3 Å². The maximum atomic E-state index is 11.5. The number of amides is 1. The number of rotatable bonds is 7. The van der Waals surface area contributed by atoms with Gasteiger partial charge in [-0.05, 0) is 32.4 Å². The first kappa shape index (κ1) is 16.9. The average molecular weight is 271 g/mol. The molecule has 0 fully saturated rings. The van der Waals surface area contributed by atoms with Crippen molar-refractivity contribution in [2.75, 3.05) is 13.6 Å². The summed E-state index contributed by atoms with van der Waals surface area (Å²) in [5.41, 5.74) is 1.32. The Morgan fingerprint density at radius 3 is 2.56 bits per heavy atom. The number of benzene rings is 1. The molecular formula is C14H23ClN2O. The lowest BCUT2D eigenvalue weighted by molar-refractivity contribution is -0.121. The van der Waals surface area contributed by atoms with E-state index in [1.807, 2.05) is 25.2 Å². The highest BCUT2D eigenvalue weighted by molar-refractivity contribution is 5.85. The Morgan fingerprint density at radius 1 is 1.28 bits per heavy atom. The zero-order valence-electron chi connectivity index (χ0n) is 11.1. The summed E-state index contributed by atoms with van der Waals surface area (Å²) in [7, 11) is 1.85. The largest absolute Gasteiger partial charge is 0.354 e. The third-order valence-electron chi connectivity index (χ3n) is 2.72. The summed E-state index contributed by atoms with van der Waals surface area (Å²) < 4.78 is 0. The zero-order valence-corrected chi connectivity index (χ0v) is 11.9. The maximum absolute atomic E-state index is 11.5. The highest BCUT2D eigenvalue weighted by atomic mass is 35.5. The van der Waals surface area contributed by atoms with E-state index in [1.165, 1.54) is 5.56 Å². The van der Waals surface area contributed by atoms with Crippen LogP contribution in [0.1, 0.15) is 25.3 Å². The Bertz CT molecular complexity index is 330. The zero-order chi connectivity index (χ0) is 12.5. The normalized spacial score (nSPS) is 11.4. The smallest absolute Gasteiger partial charge is 0.221 e. The van der Waals surface area contributed by atoms with Crippen molar-refractivity contribution in [2.24, 2.45) is 0 Å². The summed E-state index contributed by atoms with van der Waals surface area (Å²) >= 11 is 0. The fraction of sp³-hybridized carbons (Fsp3) is 0.500. The molecule has 102 valence electrons. The van der Waals surface area contributed by atoms with Gasteiger partial charge in [-0.1, -0.05) is 30.3 Å². The van der Waals surface area contributed by atoms with Gasteiger partial charge in [0.25, 0.3) is 0 Å². The number of hydrogen-bond acceptors (Lipinski definition) is 2. The molecule has 0 saturated carbocycles. The van der Waals surface area contributed by atoms with E-state index in [0.29, 0.717) is 6.42 Å². The van der Waals surface area contributed by atoms with Gasteiger partial charge in [-0.3, -0.25) is 4.79 Å². The average Bonchev–Trinajstić information content (AvgIpc) is 2.35. The van der Waals surface area contributed by atoms with Crippen LogP contribution >= 0.6 is 12.4 Å². The van der Waals surface area contributed by atoms with Gasteiger partial charge in [-0.25, -0.2) is 0 Å². The minimum atomic E-state index is 0. The molecule has 1 aromatic carbocycles. The second-order valence-electron chi connectivity index (χ2n) is 4.35. The van der Waals surface area contributed by atoms with Crippen LogP contribution in [-0.2, 0) is 11.2 Å². The van der Waals surface area contributed by atoms with Crippen LogP contribution < -0.4 is 10.6 Å². The van der Waals surface area contributed by atoms with E-state index in [4.69, 9.17) is 0 Å². The fourth-order valence-electron chi connectivity index (χ4n) is 1.69. The van der Waals surface area contributed by atoms with Crippen molar-refractivity contribution in [3.05, 3.63) is 35.9 Å². The van der Waals surface area contributed by atoms with Crippen molar-refractivity contribution in [1.82, 2.24) is 10.6 Å². The number of halogens is 1. The van der Waals surface area contributed by atoms with Crippen LogP contribution in [0.25, 0.3) is 0 Å². The van der Waals surface area contributed by atoms with Crippen LogP contribution in [0.4, 0.5) is 0 Å². The Morgan fingerprint density at radius 2 is 1.94 bits per heavy atom. The SMILES string of the molecule is CNCCC(=O)NC(C)CCc1ccccc1.Cl. The highest BCUT2D eigenvalue weighted by Gasteiger charge is 2.06. The maximum Gasteiger partial charge on any atom is 0.221 e. The summed E-state index contributed by atoms with van der Waals surface area (Å²) in [6.07, 6.45) is 2.54. The molecule has 0 aromatic heterocycles. The van der Waals surface area contributed by atoms with Gasteiger partial charge in [-0.15, -0.1) is 12.4 Å². The molecule has 0 bridgehead atoms. The molecule has 0 aliphatic carbocycles. The second kappa shape index (κ2) is 9.92. The topological polar surface area (TPSA) is 41.1 Å². The molecule has 1 amide bonds. The van der Waals surface area contributed by atoms with E-state index in [2.05, 4.69) is 29.7 Å². The van der Waals surface area contributed by atoms with Gasteiger partial charge >= 0.3 is 0 Å². The number of carbonyl (C=O) groups is 1. The molecule has 0 radical (unpaired) electrons. The molecule has 0 aliphatic heterocycles. The number of aryl methyl sites for hydroxylation is 1. The molecule has 4 heteroatoms. The lowest BCUT2D eigenvalue weighted by Crippen LogP contribution is -2.34. The van der Waals surface area contributed by atoms with Gasteiger partial charge in [0, 0.05) is 19.0 Å². The van der Waals surface area contributed by atoms with Crippen LogP contribution in [0.15, 0.2) is 30.3 Å². The minimum absolute atomic E-state index is 0. The number of carbonyl (C=O) groups excluding carboxylic acids is 1. The molecule has 0 heterocycles. The molecule has 1 unspecified atom stereocenters. The van der Waals surface area contributed by atoms with Crippen molar-refractivity contribution in [3.8, 4) is 0 Å². The van der Waals surface area contributed by atoms with Gasteiger partial charge in [0.05, 0.1) is 0 Å². The first-order valence-corrected chi connectivity index (χ1v) is 6.20. The molecule has 18 heavy (non-hydrogen) atoms. The molecule has 2 N–H and O–H groups in total. The lowest BCUT2D eigenvalue weighted by atomic mass is 10.1. The third kappa shape index (κ3) is 7.30. The van der Waals surface area contributed by atoms with Crippen molar-refractivity contribution < 1.29 is 4.79 Å². The lowest BCUT2D eigenvalue weighted by Gasteiger charge is -2.13. The van der Waals surface area contributed by atoms with Crippen molar-refractivity contribution in [2.45, 2.75) is 32.2 Å². The molecular weight excluding hydrogens is 248 g/mol. The molecule has 3 nitrogen and oxygen atoms in total. The van der Waals surface area contributed by atoms with Crippen molar-refractivity contribution in [1.29, 1.82) is 0 Å². The second-order valence-corrected chi connectivity index (χ2v) is 4.35. The van der Waals surface area contributed by atoms with E-state index >= 15 is 0 Å². The molecule has 0 aliphatic rings. The van der Waals surface area contributed by atoms with E-state index in [-0.39, 0.29) is 24.4 Å². The van der Waals surface area contributed by atoms with Gasteiger partial charge < -0.3 is 10.6 Å². The quantitative estimate of drug-likeness (QED) is 0.797. The van der Waals surface area contributed by atoms with Crippen LogP contribution in [0.2, 0.25) is 0 Å². The van der Waals surface area contributed by atoms with E-state index in [0.717, 1.165) is 19.4 Å². The Labute approximate surface area is 116 Å². The van der Waals surface area contributed by atoms with E-state index in [1.54, 1.807) is 0 Å². The van der Waals surface area contributed by atoms with Crippen LogP contribution in [0.3, 0.4) is 0 Å². The Balaban J connectivity index is 0.00000289. The monoisotopic (exact) mass is 270 g/mol. The van der Waals surface area contributed by atoms with Gasteiger partial charge in [0.15, 0.2) is 0 Å². The standard InChI is InChI=1S/C14H22N2O.ClH/c1-12(16-14(17)10-11-15-2)8-9-13-6-4-3-5-7-13;/h3-7,12,15H,8-11H2,1-2H3,(H,16,17);1H. The number of hydrogen-bond donors (Lipinski definition) is 2. The molecule has 1 aromatic rings. The Hall–Kier alpha value is -1.06. The van der Waals surface area contributed by atoms with E-state index in [9.17, 15) is 4.79 Å². The summed E-state index contributed by atoms with van der Waals surface area (Å²) in [6, 6.07) is 10.6. The number of nitrogens with one attached hydrogen (secondary N) is 2. The van der Waals surface area contributed by atoms with Gasteiger partial charge in [-0.2, -0.15) is 0 Å². The predicted molar refractivity (Wildman–Crippen MR) is 78.2 cm³/mol. The highest BCUT2D eigenvalue weighted by Crippen LogP contribution is 2.04. The van der Waals surface area contributed by atoms with E-state index < -0.39 is 0 Å². The molecule has 0 spiro atoms. The summed E-state index contributed by atoms with van der Waals surface area (Å²) in [6.45, 7) is 2.79. The first-order chi connectivity index (χ1) is 8.22. The summed E-state index contributed by atoms with van der Waals surface area (Å²) in [5, 5.41) is 5.97. The van der Waals surface area contributed by atoms with Crippen LogP contribution in [0.5, 0.6) is 0 Å². The van der Waals surface area contributed by atoms with Gasteiger partial charge in [0.2, 0.25) is 5.91 Å². The minimum Gasteiger partial charge on any atom is -0.354 e. The summed E-state index contributed by atoms with van der Waals surface area (Å²) in [4.78, 5) is 11.5.